The van der Waals surface area contributed by atoms with Gasteiger partial charge in [0.1, 0.15) is 11.6 Å². The quantitative estimate of drug-likeness (QED) is 0.321. The summed E-state index contributed by atoms with van der Waals surface area (Å²) in [5, 5.41) is 16.8. The molecule has 5 aromatic rings. The van der Waals surface area contributed by atoms with Crippen LogP contribution in [0.4, 0.5) is 29.1 Å². The van der Waals surface area contributed by atoms with Crippen molar-refractivity contribution >= 4 is 39.8 Å². The molecule has 0 bridgehead atoms. The Morgan fingerprint density at radius 3 is 2.49 bits per heavy atom. The minimum atomic E-state index is -5.00. The molecule has 0 saturated carbocycles. The van der Waals surface area contributed by atoms with E-state index >= 15 is 0 Å². The lowest BCUT2D eigenvalue weighted by atomic mass is 10.1. The number of nitrogens with zero attached hydrogens (tertiary/aromatic N) is 7. The number of benzene rings is 1. The maximum Gasteiger partial charge on any atom is 0.434 e. The second-order valence-corrected chi connectivity index (χ2v) is 7.93. The summed E-state index contributed by atoms with van der Waals surface area (Å²) in [6.45, 7) is 0. The van der Waals surface area contributed by atoms with E-state index in [9.17, 15) is 22.4 Å². The van der Waals surface area contributed by atoms with Gasteiger partial charge in [0.2, 0.25) is 0 Å². The maximum atomic E-state index is 14.6. The number of anilines is 2. The van der Waals surface area contributed by atoms with Crippen LogP contribution in [0.2, 0.25) is 5.02 Å². The normalized spacial score (nSPS) is 11.6. The number of amides is 1. The van der Waals surface area contributed by atoms with E-state index in [-0.39, 0.29) is 38.8 Å². The van der Waals surface area contributed by atoms with Crippen molar-refractivity contribution in [3.8, 4) is 11.5 Å². The number of alkyl halides is 3. The largest absolute Gasteiger partial charge is 0.434 e. The second-order valence-electron chi connectivity index (χ2n) is 7.52. The van der Waals surface area contributed by atoms with Crippen molar-refractivity contribution in [1.29, 1.82) is 0 Å². The van der Waals surface area contributed by atoms with Crippen LogP contribution < -0.4 is 10.6 Å². The Labute approximate surface area is 209 Å². The van der Waals surface area contributed by atoms with Crippen LogP contribution in [0.1, 0.15) is 16.1 Å². The van der Waals surface area contributed by atoms with Gasteiger partial charge in [0, 0.05) is 12.4 Å². The number of carbonyl (C=O) groups excluding carboxylic acids is 1. The number of nitrogens with one attached hydrogen (secondary N) is 2. The van der Waals surface area contributed by atoms with Crippen LogP contribution in [0.15, 0.2) is 55.2 Å². The SMILES string of the molecule is CNc1ncc(-n2ncc(C(=O)Nc3cnc(-n4nccn4)c(Cl)c3)c2C(F)(F)F)c2cccc(F)c12. The van der Waals surface area contributed by atoms with E-state index in [1.54, 1.807) is 0 Å². The molecule has 10 nitrogen and oxygen atoms in total. The molecule has 188 valence electrons. The Morgan fingerprint density at radius 2 is 1.81 bits per heavy atom. The number of hydrogen-bond acceptors (Lipinski definition) is 7. The fraction of sp³-hybridized carbons (Fsp3) is 0.0909. The van der Waals surface area contributed by atoms with Gasteiger partial charge in [-0.25, -0.2) is 19.0 Å². The number of hydrogen-bond donors (Lipinski definition) is 2. The van der Waals surface area contributed by atoms with Crippen molar-refractivity contribution < 1.29 is 22.4 Å². The zero-order valence-electron chi connectivity index (χ0n) is 18.6. The van der Waals surface area contributed by atoms with Crippen molar-refractivity contribution in [2.75, 3.05) is 17.7 Å². The molecule has 0 unspecified atom stereocenters. The van der Waals surface area contributed by atoms with Gasteiger partial charge >= 0.3 is 6.18 Å². The molecule has 0 fully saturated rings. The van der Waals surface area contributed by atoms with Crippen LogP contribution >= 0.6 is 11.6 Å². The average Bonchev–Trinajstić information content (AvgIpc) is 3.54. The molecule has 0 spiro atoms. The number of halogens is 5. The predicted octanol–water partition coefficient (Wildman–Crippen LogP) is 4.50. The first kappa shape index (κ1) is 24.1. The van der Waals surface area contributed by atoms with Gasteiger partial charge in [-0.3, -0.25) is 4.79 Å². The summed E-state index contributed by atoms with van der Waals surface area (Å²) in [5.74, 6) is -1.51. The minimum absolute atomic E-state index is 0.0235. The molecule has 0 aliphatic rings. The lowest BCUT2D eigenvalue weighted by molar-refractivity contribution is -0.143. The van der Waals surface area contributed by atoms with E-state index in [2.05, 4.69) is 35.9 Å². The molecule has 4 aromatic heterocycles. The number of pyridine rings is 2. The summed E-state index contributed by atoms with van der Waals surface area (Å²) in [6, 6.07) is 5.24. The summed E-state index contributed by atoms with van der Waals surface area (Å²) in [7, 11) is 1.50. The highest BCUT2D eigenvalue weighted by atomic mass is 35.5. The highest BCUT2D eigenvalue weighted by Crippen LogP contribution is 2.37. The molecule has 1 aromatic carbocycles. The first-order valence-corrected chi connectivity index (χ1v) is 10.8. The Kier molecular flexibility index (Phi) is 5.95. The van der Waals surface area contributed by atoms with E-state index in [0.29, 0.717) is 4.68 Å². The number of fused-ring (bicyclic) bond motifs is 1. The highest BCUT2D eigenvalue weighted by Gasteiger charge is 2.41. The van der Waals surface area contributed by atoms with Gasteiger partial charge in [-0.1, -0.05) is 23.7 Å². The van der Waals surface area contributed by atoms with Crippen molar-refractivity contribution in [1.82, 2.24) is 34.7 Å². The molecule has 0 atom stereocenters. The van der Waals surface area contributed by atoms with Crippen LogP contribution in [0.3, 0.4) is 0 Å². The first-order chi connectivity index (χ1) is 17.7. The van der Waals surface area contributed by atoms with Crippen LogP contribution in [0.5, 0.6) is 0 Å². The molecule has 0 radical (unpaired) electrons. The van der Waals surface area contributed by atoms with Gasteiger partial charge in [0.25, 0.3) is 5.91 Å². The molecule has 15 heteroatoms. The van der Waals surface area contributed by atoms with E-state index in [1.165, 1.54) is 43.8 Å². The fourth-order valence-corrected chi connectivity index (χ4v) is 3.98. The van der Waals surface area contributed by atoms with Gasteiger partial charge in [0.15, 0.2) is 11.5 Å². The molecular weight excluding hydrogens is 518 g/mol. The van der Waals surface area contributed by atoms with Crippen LogP contribution in [-0.2, 0) is 6.18 Å². The molecule has 0 aliphatic heterocycles. The fourth-order valence-electron chi connectivity index (χ4n) is 3.74. The summed E-state index contributed by atoms with van der Waals surface area (Å²) >= 11 is 6.18. The topological polar surface area (TPSA) is 115 Å². The van der Waals surface area contributed by atoms with Crippen molar-refractivity contribution in [2.24, 2.45) is 0 Å². The van der Waals surface area contributed by atoms with Gasteiger partial charge < -0.3 is 10.6 Å². The third kappa shape index (κ3) is 4.31. The third-order valence-electron chi connectivity index (χ3n) is 5.28. The van der Waals surface area contributed by atoms with Gasteiger partial charge in [-0.15, -0.1) is 4.80 Å². The molecule has 1 amide bonds. The van der Waals surface area contributed by atoms with E-state index < -0.39 is 29.2 Å². The summed E-state index contributed by atoms with van der Waals surface area (Å²) in [5.41, 5.74) is -2.28. The number of carbonyl (C=O) groups is 1. The lowest BCUT2D eigenvalue weighted by Gasteiger charge is -2.15. The van der Waals surface area contributed by atoms with Crippen molar-refractivity contribution in [2.45, 2.75) is 6.18 Å². The van der Waals surface area contributed by atoms with Crippen molar-refractivity contribution in [3.05, 3.63) is 77.3 Å². The molecule has 2 N–H and O–H groups in total. The first-order valence-electron chi connectivity index (χ1n) is 10.4. The average molecular weight is 532 g/mol. The van der Waals surface area contributed by atoms with E-state index in [1.807, 2.05) is 0 Å². The van der Waals surface area contributed by atoms with Crippen LogP contribution in [0, 0.1) is 5.82 Å². The van der Waals surface area contributed by atoms with Gasteiger partial charge in [0.05, 0.1) is 58.3 Å². The Morgan fingerprint density at radius 1 is 1.05 bits per heavy atom. The Bertz CT molecular complexity index is 1630. The standard InChI is InChI=1S/C22H14ClF4N9O/c1-28-19-17-12(3-2-4-15(17)24)16(10-29-19)35-18(22(25,26)27)13(9-33-35)21(37)34-11-7-14(23)20(30-8-11)36-31-5-6-32-36/h2-10H,1H3,(H,28,29)(H,34,37). The smallest absolute Gasteiger partial charge is 0.373 e. The Hall–Kier alpha value is -4.59. The van der Waals surface area contributed by atoms with Gasteiger partial charge in [-0.2, -0.15) is 28.5 Å². The molecule has 0 saturated heterocycles. The van der Waals surface area contributed by atoms with Crippen LogP contribution in [0.25, 0.3) is 22.3 Å². The molecule has 4 heterocycles. The molecule has 5 rings (SSSR count). The molecular formula is C22H14ClF4N9O. The number of rotatable bonds is 5. The van der Waals surface area contributed by atoms with Crippen LogP contribution in [-0.4, -0.2) is 47.7 Å². The third-order valence-corrected chi connectivity index (χ3v) is 5.56. The summed E-state index contributed by atoms with van der Waals surface area (Å²) < 4.78 is 57.8. The highest BCUT2D eigenvalue weighted by molar-refractivity contribution is 6.32. The number of aromatic nitrogens is 7. The molecule has 37 heavy (non-hydrogen) atoms. The zero-order valence-corrected chi connectivity index (χ0v) is 19.4. The summed E-state index contributed by atoms with van der Waals surface area (Å²) in [6.07, 6.45) is 0.884. The predicted molar refractivity (Wildman–Crippen MR) is 125 cm³/mol. The monoisotopic (exact) mass is 531 g/mol. The van der Waals surface area contributed by atoms with Gasteiger partial charge in [-0.05, 0) is 12.1 Å². The van der Waals surface area contributed by atoms with Crippen molar-refractivity contribution in [3.63, 3.8) is 0 Å². The zero-order chi connectivity index (χ0) is 26.3. The minimum Gasteiger partial charge on any atom is -0.373 e. The molecule has 0 aliphatic carbocycles. The van der Waals surface area contributed by atoms with E-state index in [0.717, 1.165) is 23.3 Å². The lowest BCUT2D eigenvalue weighted by Crippen LogP contribution is -2.21. The Balaban J connectivity index is 1.56. The van der Waals surface area contributed by atoms with E-state index in [4.69, 9.17) is 11.6 Å². The summed E-state index contributed by atoms with van der Waals surface area (Å²) in [4.78, 5) is 22.1. The second kappa shape index (κ2) is 9.13. The maximum absolute atomic E-state index is 14.6.